The first-order chi connectivity index (χ1) is 13.7. The number of halogens is 1. The summed E-state index contributed by atoms with van der Waals surface area (Å²) >= 11 is 6.46. The molecule has 0 radical (unpaired) electrons. The molecule has 140 valence electrons. The molecule has 4 aromatic rings. The highest BCUT2D eigenvalue weighted by Gasteiger charge is 2.12. The molecule has 0 N–H and O–H groups in total. The number of methoxy groups -OCH3 is 1. The molecule has 0 aliphatic heterocycles. The van der Waals surface area contributed by atoms with Crippen LogP contribution in [-0.2, 0) is 6.61 Å². The average Bonchev–Trinajstić information content (AvgIpc) is 3.25. The van der Waals surface area contributed by atoms with Crippen LogP contribution in [0.4, 0.5) is 0 Å². The molecule has 6 nitrogen and oxygen atoms in total. The van der Waals surface area contributed by atoms with Crippen LogP contribution in [0.15, 0.2) is 72.4 Å². The Kier molecular flexibility index (Phi) is 5.21. The molecule has 28 heavy (non-hydrogen) atoms. The van der Waals surface area contributed by atoms with Gasteiger partial charge < -0.3 is 9.47 Å². The number of aromatic nitrogens is 3. The Morgan fingerprint density at radius 1 is 1.07 bits per heavy atom. The first-order valence-electron chi connectivity index (χ1n) is 8.60. The highest BCUT2D eigenvalue weighted by molar-refractivity contribution is 6.32. The molecule has 0 amide bonds. The monoisotopic (exact) mass is 392 g/mol. The number of hydrogen-bond donors (Lipinski definition) is 0. The minimum absolute atomic E-state index is 0.381. The van der Waals surface area contributed by atoms with E-state index in [9.17, 15) is 0 Å². The van der Waals surface area contributed by atoms with Crippen molar-refractivity contribution in [1.29, 1.82) is 0 Å². The first kappa shape index (κ1) is 18.0. The van der Waals surface area contributed by atoms with Crippen molar-refractivity contribution in [3.63, 3.8) is 0 Å². The van der Waals surface area contributed by atoms with Crippen molar-refractivity contribution in [2.75, 3.05) is 7.11 Å². The summed E-state index contributed by atoms with van der Waals surface area (Å²) in [7, 11) is 1.58. The fourth-order valence-electron chi connectivity index (χ4n) is 2.91. The van der Waals surface area contributed by atoms with Crippen LogP contribution in [0, 0.1) is 0 Å². The van der Waals surface area contributed by atoms with Crippen LogP contribution >= 0.6 is 11.6 Å². The quantitative estimate of drug-likeness (QED) is 0.451. The highest BCUT2D eigenvalue weighted by Crippen LogP contribution is 2.37. The predicted molar refractivity (Wildman–Crippen MR) is 109 cm³/mol. The predicted octanol–water partition coefficient (Wildman–Crippen LogP) is 4.55. The largest absolute Gasteiger partial charge is 0.493 e. The van der Waals surface area contributed by atoms with Gasteiger partial charge in [-0.05, 0) is 34.0 Å². The van der Waals surface area contributed by atoms with Crippen molar-refractivity contribution < 1.29 is 9.47 Å². The number of rotatable bonds is 6. The second-order valence-electron chi connectivity index (χ2n) is 6.05. The summed E-state index contributed by atoms with van der Waals surface area (Å²) in [4.78, 5) is 0. The van der Waals surface area contributed by atoms with Gasteiger partial charge in [-0.25, -0.2) is 4.68 Å². The Labute approximate surface area is 167 Å². The van der Waals surface area contributed by atoms with Gasteiger partial charge in [0.05, 0.1) is 18.3 Å². The van der Waals surface area contributed by atoms with Gasteiger partial charge in [0.25, 0.3) is 0 Å². The number of hydrogen-bond acceptors (Lipinski definition) is 5. The van der Waals surface area contributed by atoms with Crippen molar-refractivity contribution in [2.45, 2.75) is 6.61 Å². The number of fused-ring (bicyclic) bond motifs is 1. The smallest absolute Gasteiger partial charge is 0.180 e. The zero-order valence-electron chi connectivity index (χ0n) is 15.1. The first-order valence-corrected chi connectivity index (χ1v) is 8.98. The maximum absolute atomic E-state index is 6.46. The molecule has 0 saturated heterocycles. The van der Waals surface area contributed by atoms with Crippen molar-refractivity contribution in [1.82, 2.24) is 14.9 Å². The van der Waals surface area contributed by atoms with Crippen molar-refractivity contribution in [3.8, 4) is 11.5 Å². The van der Waals surface area contributed by atoms with Crippen LogP contribution in [0.25, 0.3) is 10.8 Å². The maximum atomic E-state index is 6.46. The lowest BCUT2D eigenvalue weighted by molar-refractivity contribution is 0.286. The highest BCUT2D eigenvalue weighted by atomic mass is 35.5. The summed E-state index contributed by atoms with van der Waals surface area (Å²) in [6, 6.07) is 17.9. The molecule has 1 aromatic heterocycles. The third kappa shape index (κ3) is 3.82. The minimum atomic E-state index is 0.381. The maximum Gasteiger partial charge on any atom is 0.180 e. The van der Waals surface area contributed by atoms with Gasteiger partial charge in [-0.2, -0.15) is 5.10 Å². The van der Waals surface area contributed by atoms with Gasteiger partial charge in [-0.3, -0.25) is 0 Å². The summed E-state index contributed by atoms with van der Waals surface area (Å²) in [5.41, 5.74) is 1.85. The summed E-state index contributed by atoms with van der Waals surface area (Å²) in [6.07, 6.45) is 4.64. The van der Waals surface area contributed by atoms with Crippen molar-refractivity contribution >= 4 is 28.6 Å². The standard InChI is InChI=1S/C21H17ClN4O2/c1-27-20-10-15(11-25-26-13-23-24-14-26)9-19(22)21(20)28-12-17-7-4-6-16-5-2-3-8-18(16)17/h2-11,13-14H,12H2,1H3/b25-11+. The molecule has 7 heteroatoms. The van der Waals surface area contributed by atoms with E-state index < -0.39 is 0 Å². The third-order valence-electron chi connectivity index (χ3n) is 4.25. The van der Waals surface area contributed by atoms with Gasteiger partial charge in [0.15, 0.2) is 11.5 Å². The van der Waals surface area contributed by atoms with Crippen LogP contribution in [-0.4, -0.2) is 28.2 Å². The Morgan fingerprint density at radius 2 is 1.86 bits per heavy atom. The summed E-state index contributed by atoms with van der Waals surface area (Å²) in [5, 5.41) is 14.4. The van der Waals surface area contributed by atoms with Crippen molar-refractivity contribution in [3.05, 3.63) is 83.4 Å². The summed E-state index contributed by atoms with van der Waals surface area (Å²) in [6.45, 7) is 0.381. The molecular formula is C21H17ClN4O2. The van der Waals surface area contributed by atoms with Gasteiger partial charge in [0.1, 0.15) is 19.3 Å². The minimum Gasteiger partial charge on any atom is -0.493 e. The normalized spacial score (nSPS) is 11.2. The van der Waals surface area contributed by atoms with E-state index in [0.29, 0.717) is 23.1 Å². The van der Waals surface area contributed by atoms with E-state index in [0.717, 1.165) is 16.5 Å². The van der Waals surface area contributed by atoms with E-state index in [4.69, 9.17) is 21.1 Å². The molecule has 0 unspecified atom stereocenters. The Hall–Kier alpha value is -3.38. The van der Waals surface area contributed by atoms with Gasteiger partial charge in [0, 0.05) is 0 Å². The summed E-state index contributed by atoms with van der Waals surface area (Å²) in [5.74, 6) is 1.04. The summed E-state index contributed by atoms with van der Waals surface area (Å²) < 4.78 is 13.0. The van der Waals surface area contributed by atoms with Gasteiger partial charge in [-0.1, -0.05) is 54.1 Å². The lowest BCUT2D eigenvalue weighted by atomic mass is 10.1. The molecule has 1 heterocycles. The fourth-order valence-corrected chi connectivity index (χ4v) is 3.18. The fraction of sp³-hybridized carbons (Fsp3) is 0.0952. The zero-order valence-corrected chi connectivity index (χ0v) is 15.9. The van der Waals surface area contributed by atoms with Crippen LogP contribution < -0.4 is 9.47 Å². The topological polar surface area (TPSA) is 61.5 Å². The van der Waals surface area contributed by atoms with E-state index in [1.165, 1.54) is 22.7 Å². The molecule has 0 saturated carbocycles. The second kappa shape index (κ2) is 8.10. The lowest BCUT2D eigenvalue weighted by Crippen LogP contribution is -2.00. The third-order valence-corrected chi connectivity index (χ3v) is 4.53. The van der Waals surface area contributed by atoms with Crippen molar-refractivity contribution in [2.24, 2.45) is 5.10 Å². The van der Waals surface area contributed by atoms with Crippen LogP contribution in [0.1, 0.15) is 11.1 Å². The van der Waals surface area contributed by atoms with Gasteiger partial charge in [-0.15, -0.1) is 10.2 Å². The Balaban J connectivity index is 1.59. The lowest BCUT2D eigenvalue weighted by Gasteiger charge is -2.14. The molecule has 0 aliphatic carbocycles. The number of ether oxygens (including phenoxy) is 2. The zero-order chi connectivity index (χ0) is 19.3. The molecule has 0 aliphatic rings. The van der Waals surface area contributed by atoms with Crippen LogP contribution in [0.2, 0.25) is 5.02 Å². The van der Waals surface area contributed by atoms with E-state index >= 15 is 0 Å². The molecule has 4 rings (SSSR count). The molecule has 0 fully saturated rings. The molecule has 3 aromatic carbocycles. The molecule has 0 spiro atoms. The number of nitrogens with zero attached hydrogens (tertiary/aromatic N) is 4. The molecule has 0 bridgehead atoms. The van der Waals surface area contributed by atoms with E-state index in [1.54, 1.807) is 19.4 Å². The second-order valence-corrected chi connectivity index (χ2v) is 6.45. The van der Waals surface area contributed by atoms with Gasteiger partial charge in [0.2, 0.25) is 0 Å². The van der Waals surface area contributed by atoms with Crippen LogP contribution in [0.5, 0.6) is 11.5 Å². The van der Waals surface area contributed by atoms with E-state index in [2.05, 4.69) is 33.5 Å². The molecule has 0 atom stereocenters. The number of benzene rings is 3. The van der Waals surface area contributed by atoms with Crippen LogP contribution in [0.3, 0.4) is 0 Å². The van der Waals surface area contributed by atoms with Gasteiger partial charge >= 0.3 is 0 Å². The SMILES string of the molecule is COc1cc(/C=N/n2cnnc2)cc(Cl)c1OCc1cccc2ccccc12. The average molecular weight is 393 g/mol. The van der Waals surface area contributed by atoms with E-state index in [1.807, 2.05) is 30.3 Å². The Morgan fingerprint density at radius 3 is 2.68 bits per heavy atom. The molecular weight excluding hydrogens is 376 g/mol. The Bertz CT molecular complexity index is 1120. The van der Waals surface area contributed by atoms with E-state index in [-0.39, 0.29) is 0 Å².